The van der Waals surface area contributed by atoms with E-state index >= 15 is 0 Å². The van der Waals surface area contributed by atoms with Crippen molar-refractivity contribution in [1.29, 1.82) is 5.26 Å². The molecule has 1 aliphatic heterocycles. The Balaban J connectivity index is 1.47. The van der Waals surface area contributed by atoms with Crippen molar-refractivity contribution >= 4 is 40.7 Å². The molecule has 0 unspecified atom stereocenters. The molecule has 6 rings (SSSR count). The van der Waals surface area contributed by atoms with Crippen LogP contribution in [-0.2, 0) is 16.1 Å². The van der Waals surface area contributed by atoms with E-state index in [1.807, 2.05) is 84.9 Å². The minimum Gasteiger partial charge on any atom is -0.489 e. The maximum atomic E-state index is 14.1. The Morgan fingerprint density at radius 1 is 1.02 bits per heavy atom. The molecule has 4 aromatic carbocycles. The molecule has 7 nitrogen and oxygen atoms in total. The average molecular weight is 632 g/mol. The van der Waals surface area contributed by atoms with Crippen molar-refractivity contribution in [2.24, 2.45) is 4.99 Å². The number of carbonyl (C=O) groups is 1. The zero-order valence-corrected chi connectivity index (χ0v) is 25.7. The predicted molar refractivity (Wildman–Crippen MR) is 174 cm³/mol. The summed E-state index contributed by atoms with van der Waals surface area (Å²) in [4.78, 5) is 33.0. The smallest absolute Gasteiger partial charge is 0.338 e. The number of fused-ring (bicyclic) bond motifs is 1. The second kappa shape index (κ2) is 13.2. The predicted octanol–water partition coefficient (Wildman–Crippen LogP) is 6.04. The van der Waals surface area contributed by atoms with Crippen molar-refractivity contribution < 1.29 is 14.3 Å². The first-order valence-electron chi connectivity index (χ1n) is 14.2. The molecule has 45 heavy (non-hydrogen) atoms. The highest BCUT2D eigenvalue weighted by Gasteiger charge is 2.35. The van der Waals surface area contributed by atoms with Gasteiger partial charge >= 0.3 is 5.97 Å². The van der Waals surface area contributed by atoms with Crippen LogP contribution in [-0.4, -0.2) is 17.1 Å². The molecule has 1 atom stereocenters. The normalized spacial score (nSPS) is 14.3. The Labute approximate surface area is 268 Å². The average Bonchev–Trinajstić information content (AvgIpc) is 3.38. The monoisotopic (exact) mass is 631 g/mol. The number of nitriles is 1. The molecule has 0 amide bonds. The van der Waals surface area contributed by atoms with Crippen LogP contribution < -0.4 is 19.6 Å². The quantitative estimate of drug-likeness (QED) is 0.195. The summed E-state index contributed by atoms with van der Waals surface area (Å²) >= 11 is 7.46. The van der Waals surface area contributed by atoms with Gasteiger partial charge in [0.25, 0.3) is 5.56 Å². The standard InChI is InChI=1S/C36H26ClN3O4S/c1-2-43-35(42)31-32(24-10-4-3-5-11-24)39-36-40(33(31)25-15-17-28(37)18-16-25)34(41)30(45-36)20-23-9-8-14-29(19-23)44-22-27-13-7-6-12-26(27)21-38/h3-20,33H,2,22H2,1H3/b30-20-/t33-/m1/s1. The molecule has 0 saturated heterocycles. The van der Waals surface area contributed by atoms with Crippen molar-refractivity contribution in [2.75, 3.05) is 6.61 Å². The third-order valence-corrected chi connectivity index (χ3v) is 8.48. The number of rotatable bonds is 8. The van der Waals surface area contributed by atoms with Gasteiger partial charge in [-0.2, -0.15) is 5.26 Å². The van der Waals surface area contributed by atoms with Crippen molar-refractivity contribution in [3.05, 3.63) is 161 Å². The van der Waals surface area contributed by atoms with Gasteiger partial charge in [-0.05, 0) is 54.5 Å². The van der Waals surface area contributed by atoms with Crippen LogP contribution in [0, 0.1) is 11.3 Å². The van der Waals surface area contributed by atoms with Gasteiger partial charge in [0, 0.05) is 16.1 Å². The van der Waals surface area contributed by atoms with Gasteiger partial charge in [0.05, 0.1) is 40.1 Å². The fourth-order valence-corrected chi connectivity index (χ4v) is 6.29. The first kappa shape index (κ1) is 29.8. The SMILES string of the molecule is CCOC(=O)C1=C(c2ccccc2)N=c2s/c(=C\c3cccc(OCc4ccccc4C#N)c3)c(=O)n2[C@@H]1c1ccc(Cl)cc1. The topological polar surface area (TPSA) is 93.7 Å². The minimum absolute atomic E-state index is 0.169. The molecule has 222 valence electrons. The molecule has 2 heterocycles. The highest BCUT2D eigenvalue weighted by atomic mass is 35.5. The molecule has 0 fully saturated rings. The van der Waals surface area contributed by atoms with E-state index in [1.54, 1.807) is 35.8 Å². The molecule has 0 spiro atoms. The number of hydrogen-bond acceptors (Lipinski definition) is 7. The number of thiazole rings is 1. The second-order valence-corrected chi connectivity index (χ2v) is 11.6. The molecule has 1 aliphatic rings. The van der Waals surface area contributed by atoms with Crippen LogP contribution >= 0.6 is 22.9 Å². The van der Waals surface area contributed by atoms with Crippen LogP contribution in [0.3, 0.4) is 0 Å². The van der Waals surface area contributed by atoms with E-state index in [1.165, 1.54) is 11.3 Å². The van der Waals surface area contributed by atoms with Crippen molar-refractivity contribution in [3.63, 3.8) is 0 Å². The second-order valence-electron chi connectivity index (χ2n) is 10.1. The van der Waals surface area contributed by atoms with Gasteiger partial charge in [-0.15, -0.1) is 0 Å². The highest BCUT2D eigenvalue weighted by molar-refractivity contribution is 7.07. The highest BCUT2D eigenvalue weighted by Crippen LogP contribution is 2.35. The zero-order valence-electron chi connectivity index (χ0n) is 24.1. The van der Waals surface area contributed by atoms with Gasteiger partial charge in [0.1, 0.15) is 12.4 Å². The molecular formula is C36H26ClN3O4S. The minimum atomic E-state index is -0.787. The Bertz CT molecular complexity index is 2150. The summed E-state index contributed by atoms with van der Waals surface area (Å²) in [6, 6.07) is 32.6. The van der Waals surface area contributed by atoms with Gasteiger partial charge in [-0.1, -0.05) is 95.7 Å². The first-order valence-corrected chi connectivity index (χ1v) is 15.4. The number of aromatic nitrogens is 1. The largest absolute Gasteiger partial charge is 0.489 e. The lowest BCUT2D eigenvalue weighted by molar-refractivity contribution is -0.138. The lowest BCUT2D eigenvalue weighted by atomic mass is 9.93. The molecule has 1 aromatic heterocycles. The maximum Gasteiger partial charge on any atom is 0.338 e. The molecule has 0 N–H and O–H groups in total. The van der Waals surface area contributed by atoms with E-state index < -0.39 is 12.0 Å². The lowest BCUT2D eigenvalue weighted by Gasteiger charge is -2.25. The van der Waals surface area contributed by atoms with E-state index in [9.17, 15) is 14.9 Å². The Morgan fingerprint density at radius 3 is 2.53 bits per heavy atom. The summed E-state index contributed by atoms with van der Waals surface area (Å²) in [7, 11) is 0. The summed E-state index contributed by atoms with van der Waals surface area (Å²) in [5, 5.41) is 9.93. The van der Waals surface area contributed by atoms with Gasteiger partial charge in [-0.25, -0.2) is 9.79 Å². The first-order chi connectivity index (χ1) is 22.0. The van der Waals surface area contributed by atoms with Crippen molar-refractivity contribution in [2.45, 2.75) is 19.6 Å². The van der Waals surface area contributed by atoms with Gasteiger partial charge < -0.3 is 9.47 Å². The van der Waals surface area contributed by atoms with E-state index in [0.717, 1.165) is 16.7 Å². The van der Waals surface area contributed by atoms with E-state index in [-0.39, 0.29) is 24.3 Å². The van der Waals surface area contributed by atoms with Gasteiger partial charge in [0.2, 0.25) is 0 Å². The van der Waals surface area contributed by atoms with Crippen LogP contribution in [0.5, 0.6) is 5.75 Å². The van der Waals surface area contributed by atoms with Crippen LogP contribution in [0.4, 0.5) is 0 Å². The number of ether oxygens (including phenoxy) is 2. The van der Waals surface area contributed by atoms with Crippen LogP contribution in [0.1, 0.15) is 40.8 Å². The third kappa shape index (κ3) is 6.22. The summed E-state index contributed by atoms with van der Waals surface area (Å²) in [6.07, 6.45) is 1.79. The number of nitrogens with zero attached hydrogens (tertiary/aromatic N) is 3. The Kier molecular flexibility index (Phi) is 8.74. The molecular weight excluding hydrogens is 606 g/mol. The fraction of sp³-hybridized carbons (Fsp3) is 0.111. The number of halogens is 1. The van der Waals surface area contributed by atoms with E-state index in [0.29, 0.717) is 36.9 Å². The molecule has 9 heteroatoms. The van der Waals surface area contributed by atoms with Gasteiger partial charge in [-0.3, -0.25) is 9.36 Å². The molecule has 0 radical (unpaired) electrons. The number of carbonyl (C=O) groups excluding carboxylic acids is 1. The van der Waals surface area contributed by atoms with Crippen molar-refractivity contribution in [3.8, 4) is 11.8 Å². The number of esters is 1. The van der Waals surface area contributed by atoms with Crippen molar-refractivity contribution in [1.82, 2.24) is 4.57 Å². The summed E-state index contributed by atoms with van der Waals surface area (Å²) in [6.45, 7) is 2.14. The Morgan fingerprint density at radius 2 is 1.78 bits per heavy atom. The maximum absolute atomic E-state index is 14.1. The summed E-state index contributed by atoms with van der Waals surface area (Å²) in [5.74, 6) is 0.0522. The summed E-state index contributed by atoms with van der Waals surface area (Å²) < 4.78 is 13.5. The zero-order chi connectivity index (χ0) is 31.3. The summed E-state index contributed by atoms with van der Waals surface area (Å²) in [5.41, 5.74) is 3.97. The number of hydrogen-bond donors (Lipinski definition) is 0. The lowest BCUT2D eigenvalue weighted by Crippen LogP contribution is -2.40. The van der Waals surface area contributed by atoms with E-state index in [2.05, 4.69) is 6.07 Å². The van der Waals surface area contributed by atoms with Crippen LogP contribution in [0.15, 0.2) is 118 Å². The van der Waals surface area contributed by atoms with Crippen LogP contribution in [0.25, 0.3) is 11.8 Å². The number of benzene rings is 4. The molecule has 5 aromatic rings. The molecule has 0 saturated carbocycles. The Hall–Kier alpha value is -5.23. The van der Waals surface area contributed by atoms with Crippen LogP contribution in [0.2, 0.25) is 5.02 Å². The fourth-order valence-electron chi connectivity index (χ4n) is 5.16. The molecule has 0 bridgehead atoms. The van der Waals surface area contributed by atoms with Gasteiger partial charge in [0.15, 0.2) is 4.80 Å². The van der Waals surface area contributed by atoms with E-state index in [4.69, 9.17) is 26.1 Å². The third-order valence-electron chi connectivity index (χ3n) is 7.25. The molecule has 0 aliphatic carbocycles.